The van der Waals surface area contributed by atoms with E-state index in [-0.39, 0.29) is 18.2 Å². The normalized spacial score (nSPS) is 10.9. The SMILES string of the molecule is Cc1ccc(C(=O)NCCN(C)CCCC(=O)NO)c2ccccc12. The second kappa shape index (κ2) is 9.15. The molecule has 0 radical (unpaired) electrons. The summed E-state index contributed by atoms with van der Waals surface area (Å²) in [6.45, 7) is 3.98. The van der Waals surface area contributed by atoms with Gasteiger partial charge in [0.25, 0.3) is 5.91 Å². The van der Waals surface area contributed by atoms with Crippen molar-refractivity contribution in [2.24, 2.45) is 0 Å². The van der Waals surface area contributed by atoms with Gasteiger partial charge in [0.1, 0.15) is 0 Å². The second-order valence-corrected chi connectivity index (χ2v) is 6.17. The van der Waals surface area contributed by atoms with E-state index in [1.807, 2.05) is 55.3 Å². The van der Waals surface area contributed by atoms with E-state index in [9.17, 15) is 9.59 Å². The lowest BCUT2D eigenvalue weighted by molar-refractivity contribution is -0.129. The fourth-order valence-corrected chi connectivity index (χ4v) is 2.78. The maximum absolute atomic E-state index is 12.5. The smallest absolute Gasteiger partial charge is 0.251 e. The van der Waals surface area contributed by atoms with Gasteiger partial charge in [-0.3, -0.25) is 14.8 Å². The average molecular weight is 343 g/mol. The molecule has 3 N–H and O–H groups in total. The van der Waals surface area contributed by atoms with Gasteiger partial charge in [-0.2, -0.15) is 0 Å². The van der Waals surface area contributed by atoms with Gasteiger partial charge in [-0.15, -0.1) is 0 Å². The Morgan fingerprint density at radius 1 is 1.08 bits per heavy atom. The number of nitrogens with zero attached hydrogens (tertiary/aromatic N) is 1. The maximum Gasteiger partial charge on any atom is 0.251 e. The van der Waals surface area contributed by atoms with Gasteiger partial charge < -0.3 is 10.2 Å². The van der Waals surface area contributed by atoms with Gasteiger partial charge >= 0.3 is 0 Å². The fourth-order valence-electron chi connectivity index (χ4n) is 2.78. The van der Waals surface area contributed by atoms with Crippen LogP contribution in [0, 0.1) is 6.92 Å². The quantitative estimate of drug-likeness (QED) is 0.506. The highest BCUT2D eigenvalue weighted by Gasteiger charge is 2.11. The summed E-state index contributed by atoms with van der Waals surface area (Å²) < 4.78 is 0. The molecule has 6 heteroatoms. The van der Waals surface area contributed by atoms with Gasteiger partial charge in [-0.25, -0.2) is 5.48 Å². The highest BCUT2D eigenvalue weighted by Crippen LogP contribution is 2.22. The molecule has 2 amide bonds. The first-order chi connectivity index (χ1) is 12.0. The zero-order chi connectivity index (χ0) is 18.2. The summed E-state index contributed by atoms with van der Waals surface area (Å²) in [6.07, 6.45) is 0.933. The molecule has 0 bridgehead atoms. The van der Waals surface area contributed by atoms with Crippen molar-refractivity contribution in [1.29, 1.82) is 0 Å². The number of hydroxylamine groups is 1. The van der Waals surface area contributed by atoms with Gasteiger partial charge in [0.05, 0.1) is 0 Å². The Labute approximate surface area is 147 Å². The Hall–Kier alpha value is -2.44. The minimum Gasteiger partial charge on any atom is -0.351 e. The van der Waals surface area contributed by atoms with Crippen molar-refractivity contribution in [3.05, 3.63) is 47.5 Å². The van der Waals surface area contributed by atoms with E-state index in [1.54, 1.807) is 5.48 Å². The summed E-state index contributed by atoms with van der Waals surface area (Å²) in [5.41, 5.74) is 3.45. The van der Waals surface area contributed by atoms with Crippen molar-refractivity contribution in [1.82, 2.24) is 15.7 Å². The van der Waals surface area contributed by atoms with Crippen LogP contribution >= 0.6 is 0 Å². The lowest BCUT2D eigenvalue weighted by atomic mass is 10.00. The number of rotatable bonds is 8. The summed E-state index contributed by atoms with van der Waals surface area (Å²) in [5, 5.41) is 13.4. The summed E-state index contributed by atoms with van der Waals surface area (Å²) in [4.78, 5) is 25.5. The van der Waals surface area contributed by atoms with Gasteiger partial charge in [0.15, 0.2) is 0 Å². The van der Waals surface area contributed by atoms with Crippen LogP contribution in [-0.4, -0.2) is 48.6 Å². The van der Waals surface area contributed by atoms with Crippen LogP contribution in [0.5, 0.6) is 0 Å². The van der Waals surface area contributed by atoms with Crippen molar-refractivity contribution in [3.8, 4) is 0 Å². The predicted octanol–water partition coefficient (Wildman–Crippen LogP) is 2.10. The second-order valence-electron chi connectivity index (χ2n) is 6.17. The third-order valence-electron chi connectivity index (χ3n) is 4.23. The first kappa shape index (κ1) is 18.9. The van der Waals surface area contributed by atoms with E-state index in [1.165, 1.54) is 0 Å². The number of amides is 2. The minimum absolute atomic E-state index is 0.0794. The Morgan fingerprint density at radius 2 is 1.80 bits per heavy atom. The molecule has 2 aromatic carbocycles. The van der Waals surface area contributed by atoms with Crippen LogP contribution in [-0.2, 0) is 4.79 Å². The van der Waals surface area contributed by atoms with E-state index in [0.717, 1.165) is 22.9 Å². The molecule has 2 rings (SSSR count). The molecular formula is C19H25N3O3. The van der Waals surface area contributed by atoms with Crippen molar-refractivity contribution in [2.75, 3.05) is 26.7 Å². The number of hydrogen-bond acceptors (Lipinski definition) is 4. The molecule has 0 fully saturated rings. The van der Waals surface area contributed by atoms with E-state index >= 15 is 0 Å². The topological polar surface area (TPSA) is 81.7 Å². The predicted molar refractivity (Wildman–Crippen MR) is 97.7 cm³/mol. The zero-order valence-corrected chi connectivity index (χ0v) is 14.7. The van der Waals surface area contributed by atoms with Crippen LogP contribution in [0.3, 0.4) is 0 Å². The van der Waals surface area contributed by atoms with Crippen LogP contribution in [0.1, 0.15) is 28.8 Å². The van der Waals surface area contributed by atoms with Crippen molar-refractivity contribution in [2.45, 2.75) is 19.8 Å². The number of likely N-dealkylation sites (N-methyl/N-ethyl adjacent to an activating group) is 1. The number of hydrogen-bond donors (Lipinski definition) is 3. The number of carbonyl (C=O) groups is 2. The van der Waals surface area contributed by atoms with E-state index in [4.69, 9.17) is 5.21 Å². The van der Waals surface area contributed by atoms with E-state index in [2.05, 4.69) is 5.32 Å². The lowest BCUT2D eigenvalue weighted by Crippen LogP contribution is -2.33. The lowest BCUT2D eigenvalue weighted by Gasteiger charge is -2.17. The summed E-state index contributed by atoms with van der Waals surface area (Å²) in [6, 6.07) is 11.7. The molecule has 0 saturated heterocycles. The minimum atomic E-state index is -0.382. The summed E-state index contributed by atoms with van der Waals surface area (Å²) in [5.74, 6) is -0.461. The first-order valence-corrected chi connectivity index (χ1v) is 8.41. The molecule has 2 aromatic rings. The molecule has 134 valence electrons. The fraction of sp³-hybridized carbons (Fsp3) is 0.368. The molecule has 0 heterocycles. The van der Waals surface area contributed by atoms with Crippen molar-refractivity contribution >= 4 is 22.6 Å². The maximum atomic E-state index is 12.5. The molecule has 25 heavy (non-hydrogen) atoms. The van der Waals surface area contributed by atoms with Crippen molar-refractivity contribution in [3.63, 3.8) is 0 Å². The molecule has 0 atom stereocenters. The molecule has 0 aliphatic carbocycles. The van der Waals surface area contributed by atoms with Crippen LogP contribution in [0.15, 0.2) is 36.4 Å². The number of aryl methyl sites for hydroxylation is 1. The number of nitrogens with one attached hydrogen (secondary N) is 2. The highest BCUT2D eigenvalue weighted by molar-refractivity contribution is 6.07. The monoisotopic (exact) mass is 343 g/mol. The van der Waals surface area contributed by atoms with Crippen molar-refractivity contribution < 1.29 is 14.8 Å². The van der Waals surface area contributed by atoms with Crippen LogP contribution in [0.25, 0.3) is 10.8 Å². The Bertz CT molecular complexity index is 746. The first-order valence-electron chi connectivity index (χ1n) is 8.41. The summed E-state index contributed by atoms with van der Waals surface area (Å²) in [7, 11) is 1.93. The highest BCUT2D eigenvalue weighted by atomic mass is 16.5. The zero-order valence-electron chi connectivity index (χ0n) is 14.7. The standard InChI is InChI=1S/C19H25N3O3/c1-14-9-10-17(16-7-4-3-6-15(14)16)19(24)20-11-13-22(2)12-5-8-18(23)21-25/h3-4,6-7,9-10,25H,5,8,11-13H2,1-2H3,(H,20,24)(H,21,23). The molecular weight excluding hydrogens is 318 g/mol. The van der Waals surface area contributed by atoms with E-state index in [0.29, 0.717) is 25.1 Å². The third-order valence-corrected chi connectivity index (χ3v) is 4.23. The van der Waals surface area contributed by atoms with Crippen LogP contribution < -0.4 is 10.8 Å². The molecule has 0 aromatic heterocycles. The number of fused-ring (bicyclic) bond motifs is 1. The molecule has 6 nitrogen and oxygen atoms in total. The van der Waals surface area contributed by atoms with Crippen LogP contribution in [0.2, 0.25) is 0 Å². The number of carbonyl (C=O) groups excluding carboxylic acids is 2. The Kier molecular flexibility index (Phi) is 6.91. The van der Waals surface area contributed by atoms with Gasteiger partial charge in [0.2, 0.25) is 5.91 Å². The van der Waals surface area contributed by atoms with E-state index < -0.39 is 0 Å². The van der Waals surface area contributed by atoms with Gasteiger partial charge in [0, 0.05) is 25.1 Å². The number of benzene rings is 2. The molecule has 0 saturated carbocycles. The molecule has 0 spiro atoms. The molecule has 0 unspecified atom stereocenters. The van der Waals surface area contributed by atoms with Crippen LogP contribution in [0.4, 0.5) is 0 Å². The average Bonchev–Trinajstić information content (AvgIpc) is 2.62. The van der Waals surface area contributed by atoms with Gasteiger partial charge in [-0.05, 0) is 49.3 Å². The third kappa shape index (κ3) is 5.27. The molecule has 0 aliphatic heterocycles. The largest absolute Gasteiger partial charge is 0.351 e. The summed E-state index contributed by atoms with van der Waals surface area (Å²) >= 11 is 0. The molecule has 0 aliphatic rings. The van der Waals surface area contributed by atoms with Gasteiger partial charge in [-0.1, -0.05) is 30.3 Å². The Balaban J connectivity index is 1.85. The Morgan fingerprint density at radius 3 is 2.52 bits per heavy atom.